The van der Waals surface area contributed by atoms with Gasteiger partial charge in [-0.3, -0.25) is 4.98 Å². The van der Waals surface area contributed by atoms with Crippen LogP contribution in [0.25, 0.3) is 0 Å². The van der Waals surface area contributed by atoms with E-state index in [2.05, 4.69) is 4.98 Å². The Kier molecular flexibility index (Phi) is 3.61. The quantitative estimate of drug-likeness (QED) is 0.907. The molecule has 2 rings (SSSR count). The van der Waals surface area contributed by atoms with Crippen LogP contribution in [0.15, 0.2) is 36.5 Å². The molecule has 1 aromatic carbocycles. The van der Waals surface area contributed by atoms with Gasteiger partial charge in [-0.15, -0.1) is 0 Å². The van der Waals surface area contributed by atoms with E-state index in [0.29, 0.717) is 23.1 Å². The number of hydrogen-bond donors (Lipinski definition) is 1. The summed E-state index contributed by atoms with van der Waals surface area (Å²) in [5, 5.41) is 0.582. The predicted octanol–water partition coefficient (Wildman–Crippen LogP) is 3.29. The summed E-state index contributed by atoms with van der Waals surface area (Å²) in [5.41, 5.74) is 7.39. The fourth-order valence-corrected chi connectivity index (χ4v) is 1.56. The summed E-state index contributed by atoms with van der Waals surface area (Å²) in [6, 6.07) is 9.30. The number of ether oxygens (including phenoxy) is 1. The van der Waals surface area contributed by atoms with Crippen LogP contribution in [-0.4, -0.2) is 4.98 Å². The monoisotopic (exact) mass is 248 g/mol. The number of aryl methyl sites for hydroxylation is 1. The van der Waals surface area contributed by atoms with Crippen molar-refractivity contribution in [2.24, 2.45) is 5.73 Å². The lowest BCUT2D eigenvalue weighted by molar-refractivity contribution is 0.479. The minimum atomic E-state index is 0.422. The SMILES string of the molecule is Cc1ccc(Cl)c(Oc2ccc(CN)nc2)c1. The van der Waals surface area contributed by atoms with Gasteiger partial charge in [0.2, 0.25) is 0 Å². The normalized spacial score (nSPS) is 10.3. The molecule has 1 heterocycles. The van der Waals surface area contributed by atoms with Crippen LogP contribution in [0, 0.1) is 6.92 Å². The number of hydrogen-bond acceptors (Lipinski definition) is 3. The summed E-state index contributed by atoms with van der Waals surface area (Å²) in [6.07, 6.45) is 1.64. The Labute approximate surface area is 105 Å². The van der Waals surface area contributed by atoms with Crippen molar-refractivity contribution in [3.63, 3.8) is 0 Å². The number of pyridine rings is 1. The first-order valence-corrected chi connectivity index (χ1v) is 5.66. The number of halogens is 1. The Morgan fingerprint density at radius 1 is 1.29 bits per heavy atom. The van der Waals surface area contributed by atoms with Gasteiger partial charge >= 0.3 is 0 Å². The molecule has 0 amide bonds. The van der Waals surface area contributed by atoms with Crippen molar-refractivity contribution in [2.75, 3.05) is 0 Å². The maximum Gasteiger partial charge on any atom is 0.146 e. The zero-order valence-corrected chi connectivity index (χ0v) is 10.2. The maximum atomic E-state index is 6.04. The second-order valence-electron chi connectivity index (χ2n) is 3.73. The predicted molar refractivity (Wildman–Crippen MR) is 68.4 cm³/mol. The van der Waals surface area contributed by atoms with Crippen molar-refractivity contribution in [3.8, 4) is 11.5 Å². The van der Waals surface area contributed by atoms with E-state index in [4.69, 9.17) is 22.1 Å². The highest BCUT2D eigenvalue weighted by molar-refractivity contribution is 6.32. The van der Waals surface area contributed by atoms with Crippen LogP contribution in [0.1, 0.15) is 11.3 Å². The Morgan fingerprint density at radius 2 is 2.12 bits per heavy atom. The lowest BCUT2D eigenvalue weighted by Crippen LogP contribution is -1.98. The molecule has 0 aliphatic heterocycles. The van der Waals surface area contributed by atoms with Crippen LogP contribution in [0.2, 0.25) is 5.02 Å². The highest BCUT2D eigenvalue weighted by atomic mass is 35.5. The van der Waals surface area contributed by atoms with E-state index in [1.54, 1.807) is 6.20 Å². The molecular formula is C13H13ClN2O. The van der Waals surface area contributed by atoms with Crippen LogP contribution in [-0.2, 0) is 6.54 Å². The van der Waals surface area contributed by atoms with Gasteiger partial charge in [-0.1, -0.05) is 17.7 Å². The van der Waals surface area contributed by atoms with E-state index in [0.717, 1.165) is 11.3 Å². The van der Waals surface area contributed by atoms with Crippen molar-refractivity contribution in [3.05, 3.63) is 52.8 Å². The van der Waals surface area contributed by atoms with E-state index in [9.17, 15) is 0 Å². The minimum Gasteiger partial charge on any atom is -0.454 e. The topological polar surface area (TPSA) is 48.1 Å². The third-order valence-corrected chi connectivity index (χ3v) is 2.63. The third-order valence-electron chi connectivity index (χ3n) is 2.32. The minimum absolute atomic E-state index is 0.422. The zero-order chi connectivity index (χ0) is 12.3. The second-order valence-corrected chi connectivity index (χ2v) is 4.13. The molecule has 88 valence electrons. The lowest BCUT2D eigenvalue weighted by atomic mass is 10.2. The molecule has 0 bridgehead atoms. The van der Waals surface area contributed by atoms with Gasteiger partial charge in [0.25, 0.3) is 0 Å². The van der Waals surface area contributed by atoms with Crippen LogP contribution in [0.3, 0.4) is 0 Å². The van der Waals surface area contributed by atoms with Gasteiger partial charge in [0.05, 0.1) is 16.9 Å². The van der Waals surface area contributed by atoms with Crippen molar-refractivity contribution >= 4 is 11.6 Å². The Bertz CT molecular complexity index is 511. The largest absolute Gasteiger partial charge is 0.454 e. The van der Waals surface area contributed by atoms with Crippen LogP contribution in [0.5, 0.6) is 11.5 Å². The number of benzene rings is 1. The molecule has 0 spiro atoms. The van der Waals surface area contributed by atoms with E-state index >= 15 is 0 Å². The van der Waals surface area contributed by atoms with Crippen LogP contribution < -0.4 is 10.5 Å². The molecule has 0 saturated carbocycles. The Balaban J connectivity index is 2.22. The summed E-state index contributed by atoms with van der Waals surface area (Å²) in [4.78, 5) is 4.15. The maximum absolute atomic E-state index is 6.04. The summed E-state index contributed by atoms with van der Waals surface area (Å²) >= 11 is 6.04. The molecule has 0 saturated heterocycles. The van der Waals surface area contributed by atoms with Crippen LogP contribution >= 0.6 is 11.6 Å². The molecular weight excluding hydrogens is 236 g/mol. The number of nitrogens with two attached hydrogens (primary N) is 1. The van der Waals surface area contributed by atoms with E-state index < -0.39 is 0 Å². The summed E-state index contributed by atoms with van der Waals surface area (Å²) in [6.45, 7) is 2.41. The number of nitrogens with zero attached hydrogens (tertiary/aromatic N) is 1. The summed E-state index contributed by atoms with van der Waals surface area (Å²) in [5.74, 6) is 1.28. The first-order valence-electron chi connectivity index (χ1n) is 5.28. The summed E-state index contributed by atoms with van der Waals surface area (Å²) < 4.78 is 5.65. The van der Waals surface area contributed by atoms with Gasteiger partial charge in [0.1, 0.15) is 11.5 Å². The van der Waals surface area contributed by atoms with Gasteiger partial charge in [-0.25, -0.2) is 0 Å². The van der Waals surface area contributed by atoms with Gasteiger partial charge in [-0.05, 0) is 36.8 Å². The molecule has 0 fully saturated rings. The van der Waals surface area contributed by atoms with Crippen molar-refractivity contribution in [1.82, 2.24) is 4.98 Å². The fraction of sp³-hybridized carbons (Fsp3) is 0.154. The molecule has 0 atom stereocenters. The first-order chi connectivity index (χ1) is 8.19. The third kappa shape index (κ3) is 2.96. The van der Waals surface area contributed by atoms with Gasteiger partial charge in [-0.2, -0.15) is 0 Å². The Hall–Kier alpha value is -1.58. The second kappa shape index (κ2) is 5.17. The molecule has 0 unspecified atom stereocenters. The lowest BCUT2D eigenvalue weighted by Gasteiger charge is -2.08. The Morgan fingerprint density at radius 3 is 2.76 bits per heavy atom. The fourth-order valence-electron chi connectivity index (χ4n) is 1.41. The number of rotatable bonds is 3. The standard InChI is InChI=1S/C13H13ClN2O/c1-9-2-5-12(14)13(6-9)17-11-4-3-10(7-15)16-8-11/h2-6,8H,7,15H2,1H3. The molecule has 4 heteroatoms. The van der Waals surface area contributed by atoms with Gasteiger partial charge < -0.3 is 10.5 Å². The van der Waals surface area contributed by atoms with Gasteiger partial charge in [0.15, 0.2) is 0 Å². The van der Waals surface area contributed by atoms with Crippen molar-refractivity contribution in [2.45, 2.75) is 13.5 Å². The molecule has 0 radical (unpaired) electrons. The highest BCUT2D eigenvalue weighted by Crippen LogP contribution is 2.29. The zero-order valence-electron chi connectivity index (χ0n) is 9.48. The average Bonchev–Trinajstić information content (AvgIpc) is 2.35. The molecule has 3 nitrogen and oxygen atoms in total. The molecule has 0 aliphatic carbocycles. The van der Waals surface area contributed by atoms with E-state index in [1.165, 1.54) is 0 Å². The molecule has 17 heavy (non-hydrogen) atoms. The van der Waals surface area contributed by atoms with Crippen LogP contribution in [0.4, 0.5) is 0 Å². The molecule has 1 aromatic heterocycles. The molecule has 2 N–H and O–H groups in total. The number of aromatic nitrogens is 1. The van der Waals surface area contributed by atoms with E-state index in [-0.39, 0.29) is 0 Å². The highest BCUT2D eigenvalue weighted by Gasteiger charge is 2.03. The average molecular weight is 249 g/mol. The van der Waals surface area contributed by atoms with Crippen molar-refractivity contribution in [1.29, 1.82) is 0 Å². The molecule has 2 aromatic rings. The van der Waals surface area contributed by atoms with Gasteiger partial charge in [0, 0.05) is 6.54 Å². The van der Waals surface area contributed by atoms with E-state index in [1.807, 2.05) is 37.3 Å². The smallest absolute Gasteiger partial charge is 0.146 e. The van der Waals surface area contributed by atoms with Crippen molar-refractivity contribution < 1.29 is 4.74 Å². The summed E-state index contributed by atoms with van der Waals surface area (Å²) in [7, 11) is 0. The molecule has 0 aliphatic rings. The first kappa shape index (κ1) is 11.9.